The molecule has 1 aromatic heterocycles. The van der Waals surface area contributed by atoms with E-state index in [-0.39, 0.29) is 5.97 Å². The van der Waals surface area contributed by atoms with Gasteiger partial charge in [0.05, 0.1) is 12.2 Å². The third kappa shape index (κ3) is 5.02. The molecule has 1 aliphatic carbocycles. The Morgan fingerprint density at radius 3 is 2.52 bits per heavy atom. The lowest BCUT2D eigenvalue weighted by Gasteiger charge is -2.36. The van der Waals surface area contributed by atoms with Crippen LogP contribution in [0, 0.1) is 11.8 Å². The number of hydrogen-bond donors (Lipinski definition) is 1. The van der Waals surface area contributed by atoms with Crippen molar-refractivity contribution in [2.45, 2.75) is 65.7 Å². The Hall–Kier alpha value is -1.14. The van der Waals surface area contributed by atoms with Crippen molar-refractivity contribution >= 4 is 39.6 Å². The summed E-state index contributed by atoms with van der Waals surface area (Å²) in [7, 11) is 0. The van der Waals surface area contributed by atoms with Crippen molar-refractivity contribution in [2.75, 3.05) is 25.0 Å². The molecule has 3 rings (SSSR count). The zero-order valence-electron chi connectivity index (χ0n) is 16.8. The fourth-order valence-electron chi connectivity index (χ4n) is 4.43. The van der Waals surface area contributed by atoms with Gasteiger partial charge in [-0.25, -0.2) is 4.79 Å². The molecule has 27 heavy (non-hydrogen) atoms. The molecule has 0 aromatic carbocycles. The standard InChI is InChI=1S/C21H32N2O2S2/c1-4-25-20(24)18-16-9-7-5-6-8-10-17(16)27-19(18)22-21(26)23-12-14(2)11-15(3)13-23/h14-15H,4-13H2,1-3H3,(H,22,26). The van der Waals surface area contributed by atoms with Crippen LogP contribution in [0.4, 0.5) is 5.00 Å². The van der Waals surface area contributed by atoms with Gasteiger partial charge >= 0.3 is 5.97 Å². The van der Waals surface area contributed by atoms with Gasteiger partial charge in [-0.2, -0.15) is 0 Å². The molecule has 2 unspecified atom stereocenters. The molecule has 6 heteroatoms. The highest BCUT2D eigenvalue weighted by Crippen LogP contribution is 2.38. The van der Waals surface area contributed by atoms with E-state index in [2.05, 4.69) is 24.1 Å². The first-order valence-corrected chi connectivity index (χ1v) is 11.6. The molecule has 0 bridgehead atoms. The lowest BCUT2D eigenvalue weighted by Crippen LogP contribution is -2.44. The largest absolute Gasteiger partial charge is 0.462 e. The van der Waals surface area contributed by atoms with Crippen LogP contribution in [0.2, 0.25) is 0 Å². The van der Waals surface area contributed by atoms with Crippen LogP contribution in [0.25, 0.3) is 0 Å². The Labute approximate surface area is 172 Å². The molecule has 0 radical (unpaired) electrons. The van der Waals surface area contributed by atoms with Crippen molar-refractivity contribution in [3.05, 3.63) is 16.0 Å². The molecule has 2 heterocycles. The molecule has 0 amide bonds. The number of thiophene rings is 1. The number of piperidine rings is 1. The highest BCUT2D eigenvalue weighted by molar-refractivity contribution is 7.80. The van der Waals surface area contributed by atoms with E-state index < -0.39 is 0 Å². The van der Waals surface area contributed by atoms with E-state index in [4.69, 9.17) is 17.0 Å². The van der Waals surface area contributed by atoms with Crippen LogP contribution in [0.5, 0.6) is 0 Å². The minimum absolute atomic E-state index is 0.207. The molecule has 4 nitrogen and oxygen atoms in total. The van der Waals surface area contributed by atoms with Crippen LogP contribution in [0.1, 0.15) is 73.7 Å². The maximum atomic E-state index is 12.7. The summed E-state index contributed by atoms with van der Waals surface area (Å²) < 4.78 is 5.40. The summed E-state index contributed by atoms with van der Waals surface area (Å²) in [6, 6.07) is 0. The summed E-state index contributed by atoms with van der Waals surface area (Å²) in [4.78, 5) is 16.3. The van der Waals surface area contributed by atoms with Crippen molar-refractivity contribution in [3.63, 3.8) is 0 Å². The number of nitrogens with zero attached hydrogens (tertiary/aromatic N) is 1. The predicted molar refractivity (Wildman–Crippen MR) is 117 cm³/mol. The van der Waals surface area contributed by atoms with Crippen LogP contribution < -0.4 is 5.32 Å². The highest BCUT2D eigenvalue weighted by atomic mass is 32.1. The van der Waals surface area contributed by atoms with Gasteiger partial charge in [-0.05, 0) is 68.6 Å². The molecule has 1 aromatic rings. The Bertz CT molecular complexity index is 676. The smallest absolute Gasteiger partial charge is 0.341 e. The number of carbonyl (C=O) groups excluding carboxylic acids is 1. The van der Waals surface area contributed by atoms with Gasteiger partial charge < -0.3 is 15.0 Å². The van der Waals surface area contributed by atoms with Gasteiger partial charge in [-0.1, -0.05) is 26.7 Å². The third-order valence-corrected chi connectivity index (χ3v) is 7.09. The number of carbonyl (C=O) groups is 1. The summed E-state index contributed by atoms with van der Waals surface area (Å²) in [5.41, 5.74) is 1.93. The Balaban J connectivity index is 1.85. The van der Waals surface area contributed by atoms with E-state index in [1.54, 1.807) is 11.3 Å². The van der Waals surface area contributed by atoms with E-state index in [0.717, 1.165) is 48.0 Å². The van der Waals surface area contributed by atoms with Gasteiger partial charge in [-0.15, -0.1) is 11.3 Å². The second-order valence-electron chi connectivity index (χ2n) is 8.12. The highest BCUT2D eigenvalue weighted by Gasteiger charge is 2.28. The second kappa shape index (κ2) is 9.37. The topological polar surface area (TPSA) is 41.6 Å². The third-order valence-electron chi connectivity index (χ3n) is 5.53. The van der Waals surface area contributed by atoms with Gasteiger partial charge in [0, 0.05) is 18.0 Å². The van der Waals surface area contributed by atoms with Gasteiger partial charge in [0.1, 0.15) is 5.00 Å². The molecule has 2 aliphatic rings. The average Bonchev–Trinajstić information content (AvgIpc) is 2.90. The van der Waals surface area contributed by atoms with Gasteiger partial charge in [0.25, 0.3) is 0 Å². The summed E-state index contributed by atoms with van der Waals surface area (Å²) in [5, 5.41) is 5.06. The first-order chi connectivity index (χ1) is 13.0. The second-order valence-corrected chi connectivity index (χ2v) is 9.62. The van der Waals surface area contributed by atoms with Crippen LogP contribution in [0.15, 0.2) is 0 Å². The number of thiocarbonyl (C=S) groups is 1. The van der Waals surface area contributed by atoms with Crippen molar-refractivity contribution in [1.29, 1.82) is 0 Å². The molecule has 2 atom stereocenters. The number of ether oxygens (including phenoxy) is 1. The number of aryl methyl sites for hydroxylation is 1. The summed E-state index contributed by atoms with van der Waals surface area (Å²) in [5.74, 6) is 1.07. The van der Waals surface area contributed by atoms with E-state index >= 15 is 0 Å². The van der Waals surface area contributed by atoms with Crippen molar-refractivity contribution in [2.24, 2.45) is 11.8 Å². The van der Waals surface area contributed by atoms with E-state index in [0.29, 0.717) is 18.4 Å². The number of likely N-dealkylation sites (tertiary alicyclic amines) is 1. The fourth-order valence-corrected chi connectivity index (χ4v) is 6.02. The van der Waals surface area contributed by atoms with Crippen molar-refractivity contribution < 1.29 is 9.53 Å². The Morgan fingerprint density at radius 1 is 1.19 bits per heavy atom. The van der Waals surface area contributed by atoms with Crippen molar-refractivity contribution in [1.82, 2.24) is 4.90 Å². The normalized spacial score (nSPS) is 23.1. The van der Waals surface area contributed by atoms with Crippen LogP contribution in [-0.4, -0.2) is 35.7 Å². The van der Waals surface area contributed by atoms with Crippen molar-refractivity contribution in [3.8, 4) is 0 Å². The maximum absolute atomic E-state index is 12.7. The van der Waals surface area contributed by atoms with Gasteiger partial charge in [0.15, 0.2) is 5.11 Å². The lowest BCUT2D eigenvalue weighted by molar-refractivity contribution is 0.0526. The predicted octanol–water partition coefficient (Wildman–Crippen LogP) is 5.26. The molecule has 1 aliphatic heterocycles. The fraction of sp³-hybridized carbons (Fsp3) is 0.714. The number of rotatable bonds is 3. The summed E-state index contributed by atoms with van der Waals surface area (Å²) >= 11 is 7.44. The zero-order valence-corrected chi connectivity index (χ0v) is 18.4. The van der Waals surface area contributed by atoms with Gasteiger partial charge in [-0.3, -0.25) is 0 Å². The maximum Gasteiger partial charge on any atom is 0.341 e. The Morgan fingerprint density at radius 2 is 1.85 bits per heavy atom. The average molecular weight is 409 g/mol. The number of esters is 1. The minimum atomic E-state index is -0.207. The molecule has 1 saturated heterocycles. The Kier molecular flexibility index (Phi) is 7.15. The molecule has 0 spiro atoms. The molecule has 1 N–H and O–H groups in total. The van der Waals surface area contributed by atoms with Crippen LogP contribution in [-0.2, 0) is 17.6 Å². The summed E-state index contributed by atoms with van der Waals surface area (Å²) in [6.45, 7) is 8.79. The first-order valence-electron chi connectivity index (χ1n) is 10.4. The lowest BCUT2D eigenvalue weighted by atomic mass is 9.92. The van der Waals surface area contributed by atoms with E-state index in [1.807, 2.05) is 6.92 Å². The first kappa shape index (κ1) is 20.6. The number of hydrogen-bond acceptors (Lipinski definition) is 4. The molecule has 1 fully saturated rings. The molecular weight excluding hydrogens is 376 g/mol. The van der Waals surface area contributed by atoms with Gasteiger partial charge in [0.2, 0.25) is 0 Å². The van der Waals surface area contributed by atoms with E-state index in [1.165, 1.54) is 36.1 Å². The minimum Gasteiger partial charge on any atom is -0.462 e. The molecule has 150 valence electrons. The SMILES string of the molecule is CCOC(=O)c1c(NC(=S)N2CC(C)CC(C)C2)sc2c1CCCCCC2. The molecular formula is C21H32N2O2S2. The monoisotopic (exact) mass is 408 g/mol. The number of anilines is 1. The summed E-state index contributed by atoms with van der Waals surface area (Å²) in [6.07, 6.45) is 8.12. The molecule has 0 saturated carbocycles. The van der Waals surface area contributed by atoms with E-state index in [9.17, 15) is 4.79 Å². The van der Waals surface area contributed by atoms with Crippen LogP contribution >= 0.6 is 23.6 Å². The number of nitrogens with one attached hydrogen (secondary N) is 1. The quantitative estimate of drug-likeness (QED) is 0.546. The van der Waals surface area contributed by atoms with Crippen LogP contribution in [0.3, 0.4) is 0 Å². The number of fused-ring (bicyclic) bond motifs is 1. The zero-order chi connectivity index (χ0) is 19.4.